The van der Waals surface area contributed by atoms with Crippen molar-refractivity contribution in [3.8, 4) is 0 Å². The molecule has 24 heavy (non-hydrogen) atoms. The van der Waals surface area contributed by atoms with Gasteiger partial charge in [-0.1, -0.05) is 13.8 Å². The third kappa shape index (κ3) is 12.4. The molecule has 138 valence electrons. The minimum Gasteiger partial charge on any atom is -0.354 e. The van der Waals surface area contributed by atoms with Crippen LogP contribution >= 0.6 is 0 Å². The average Bonchev–Trinajstić information content (AvgIpc) is 2.54. The normalized spacial score (nSPS) is 10.2. The SMILES string of the molecule is CCC(=O)NCCNC(=O)CN(C)CC(=O)NCCNC(=O)CC. The van der Waals surface area contributed by atoms with E-state index in [-0.39, 0.29) is 36.7 Å². The summed E-state index contributed by atoms with van der Waals surface area (Å²) in [4.78, 5) is 47.0. The van der Waals surface area contributed by atoms with Crippen LogP contribution in [0.3, 0.4) is 0 Å². The maximum atomic E-state index is 11.7. The third-order valence-corrected chi connectivity index (χ3v) is 3.01. The number of rotatable bonds is 12. The highest BCUT2D eigenvalue weighted by atomic mass is 16.2. The Labute approximate surface area is 142 Å². The maximum Gasteiger partial charge on any atom is 0.234 e. The molecule has 0 atom stereocenters. The minimum atomic E-state index is -0.216. The fourth-order valence-electron chi connectivity index (χ4n) is 1.72. The summed E-state index contributed by atoms with van der Waals surface area (Å²) in [6.45, 7) is 5.14. The van der Waals surface area contributed by atoms with Crippen molar-refractivity contribution in [1.29, 1.82) is 0 Å². The number of amides is 4. The van der Waals surface area contributed by atoms with Gasteiger partial charge in [-0.2, -0.15) is 0 Å². The molecule has 0 aromatic rings. The highest BCUT2D eigenvalue weighted by Gasteiger charge is 2.10. The Kier molecular flexibility index (Phi) is 12.1. The summed E-state index contributed by atoms with van der Waals surface area (Å²) < 4.78 is 0. The van der Waals surface area contributed by atoms with Gasteiger partial charge in [0, 0.05) is 39.0 Å². The van der Waals surface area contributed by atoms with Crippen molar-refractivity contribution in [1.82, 2.24) is 26.2 Å². The summed E-state index contributed by atoms with van der Waals surface area (Å²) in [5, 5.41) is 10.6. The summed E-state index contributed by atoms with van der Waals surface area (Å²) >= 11 is 0. The summed E-state index contributed by atoms with van der Waals surface area (Å²) in [6, 6.07) is 0. The van der Waals surface area contributed by atoms with Crippen LogP contribution in [0, 0.1) is 0 Å². The van der Waals surface area contributed by atoms with Gasteiger partial charge in [0.25, 0.3) is 0 Å². The second-order valence-corrected chi connectivity index (χ2v) is 5.28. The zero-order chi connectivity index (χ0) is 18.4. The molecule has 4 amide bonds. The predicted molar refractivity (Wildman–Crippen MR) is 90.1 cm³/mol. The van der Waals surface area contributed by atoms with Gasteiger partial charge in [-0.3, -0.25) is 24.1 Å². The van der Waals surface area contributed by atoms with Crippen LogP contribution in [0.25, 0.3) is 0 Å². The Morgan fingerprint density at radius 2 is 0.917 bits per heavy atom. The zero-order valence-corrected chi connectivity index (χ0v) is 14.7. The lowest BCUT2D eigenvalue weighted by molar-refractivity contribution is -0.125. The first kappa shape index (κ1) is 21.8. The first-order valence-corrected chi connectivity index (χ1v) is 8.14. The van der Waals surface area contributed by atoms with Crippen LogP contribution in [-0.2, 0) is 19.2 Å². The number of carbonyl (C=O) groups excluding carboxylic acids is 4. The number of hydrogen-bond donors (Lipinski definition) is 4. The van der Waals surface area contributed by atoms with Gasteiger partial charge in [0.15, 0.2) is 0 Å². The van der Waals surface area contributed by atoms with Crippen molar-refractivity contribution < 1.29 is 19.2 Å². The van der Waals surface area contributed by atoms with Crippen LogP contribution in [0.15, 0.2) is 0 Å². The van der Waals surface area contributed by atoms with Crippen molar-refractivity contribution in [3.05, 3.63) is 0 Å². The summed E-state index contributed by atoms with van der Waals surface area (Å²) in [5.74, 6) is -0.557. The Morgan fingerprint density at radius 1 is 0.625 bits per heavy atom. The van der Waals surface area contributed by atoms with E-state index in [9.17, 15) is 19.2 Å². The summed E-state index contributed by atoms with van der Waals surface area (Å²) in [5.41, 5.74) is 0. The van der Waals surface area contributed by atoms with Crippen molar-refractivity contribution in [3.63, 3.8) is 0 Å². The zero-order valence-electron chi connectivity index (χ0n) is 14.7. The topological polar surface area (TPSA) is 120 Å². The van der Waals surface area contributed by atoms with Gasteiger partial charge < -0.3 is 21.3 Å². The van der Waals surface area contributed by atoms with Crippen LogP contribution in [0.1, 0.15) is 26.7 Å². The molecule has 4 N–H and O–H groups in total. The molecular weight excluding hydrogens is 314 g/mol. The standard InChI is InChI=1S/C15H29N5O4/c1-4-12(21)16-6-8-18-14(23)10-20(3)11-15(24)19-9-7-17-13(22)5-2/h4-11H2,1-3H3,(H,16,21)(H,17,22)(H,18,23)(H,19,24). The predicted octanol–water partition coefficient (Wildman–Crippen LogP) is -1.80. The lowest BCUT2D eigenvalue weighted by Crippen LogP contribution is -2.43. The molecule has 0 spiro atoms. The Balaban J connectivity index is 3.73. The van der Waals surface area contributed by atoms with Crippen molar-refractivity contribution in [2.24, 2.45) is 0 Å². The van der Waals surface area contributed by atoms with Gasteiger partial charge in [0.1, 0.15) is 0 Å². The van der Waals surface area contributed by atoms with E-state index in [1.807, 2.05) is 0 Å². The van der Waals surface area contributed by atoms with E-state index in [4.69, 9.17) is 0 Å². The van der Waals surface area contributed by atoms with Crippen LogP contribution in [-0.4, -0.2) is 74.8 Å². The molecule has 0 heterocycles. The van der Waals surface area contributed by atoms with E-state index in [0.29, 0.717) is 39.0 Å². The quantitative estimate of drug-likeness (QED) is 0.312. The summed E-state index contributed by atoms with van der Waals surface area (Å²) in [6.07, 6.45) is 0.821. The second kappa shape index (κ2) is 13.3. The Bertz CT molecular complexity index is 390. The van der Waals surface area contributed by atoms with Crippen molar-refractivity contribution >= 4 is 23.6 Å². The molecule has 0 saturated heterocycles. The molecule has 0 aliphatic rings. The van der Waals surface area contributed by atoms with Crippen LogP contribution in [0.2, 0.25) is 0 Å². The number of likely N-dealkylation sites (N-methyl/N-ethyl adjacent to an activating group) is 1. The number of nitrogens with zero attached hydrogens (tertiary/aromatic N) is 1. The molecule has 0 saturated carbocycles. The molecule has 0 radical (unpaired) electrons. The highest BCUT2D eigenvalue weighted by Crippen LogP contribution is 1.83. The van der Waals surface area contributed by atoms with Gasteiger partial charge in [0.05, 0.1) is 13.1 Å². The smallest absolute Gasteiger partial charge is 0.234 e. The first-order valence-electron chi connectivity index (χ1n) is 8.14. The molecular formula is C15H29N5O4. The lowest BCUT2D eigenvalue weighted by atomic mass is 10.4. The largest absolute Gasteiger partial charge is 0.354 e. The van der Waals surface area contributed by atoms with Crippen molar-refractivity contribution in [2.45, 2.75) is 26.7 Å². The van der Waals surface area contributed by atoms with Crippen LogP contribution < -0.4 is 21.3 Å². The van der Waals surface area contributed by atoms with E-state index in [1.165, 1.54) is 0 Å². The number of nitrogens with one attached hydrogen (secondary N) is 4. The third-order valence-electron chi connectivity index (χ3n) is 3.01. The fourth-order valence-corrected chi connectivity index (χ4v) is 1.72. The van der Waals surface area contributed by atoms with E-state index in [0.717, 1.165) is 0 Å². The van der Waals surface area contributed by atoms with Gasteiger partial charge in [-0.05, 0) is 7.05 Å². The monoisotopic (exact) mass is 343 g/mol. The number of carbonyl (C=O) groups is 4. The molecule has 0 fully saturated rings. The maximum absolute atomic E-state index is 11.7. The number of hydrogen-bond acceptors (Lipinski definition) is 5. The van der Waals surface area contributed by atoms with Crippen LogP contribution in [0.4, 0.5) is 0 Å². The van der Waals surface area contributed by atoms with Gasteiger partial charge in [-0.15, -0.1) is 0 Å². The van der Waals surface area contributed by atoms with Crippen molar-refractivity contribution in [2.75, 3.05) is 46.3 Å². The Hall–Kier alpha value is -2.16. The first-order chi connectivity index (χ1) is 11.4. The van der Waals surface area contributed by atoms with Crippen LogP contribution in [0.5, 0.6) is 0 Å². The van der Waals surface area contributed by atoms with E-state index in [1.54, 1.807) is 25.8 Å². The summed E-state index contributed by atoms with van der Waals surface area (Å²) in [7, 11) is 1.66. The molecule has 9 heteroatoms. The second-order valence-electron chi connectivity index (χ2n) is 5.28. The Morgan fingerprint density at radius 3 is 1.21 bits per heavy atom. The molecule has 0 rings (SSSR count). The fraction of sp³-hybridized carbons (Fsp3) is 0.733. The molecule has 0 aliphatic carbocycles. The lowest BCUT2D eigenvalue weighted by Gasteiger charge is -2.16. The molecule has 0 aliphatic heterocycles. The van der Waals surface area contributed by atoms with E-state index >= 15 is 0 Å². The highest BCUT2D eigenvalue weighted by molar-refractivity contribution is 5.81. The van der Waals surface area contributed by atoms with E-state index in [2.05, 4.69) is 21.3 Å². The van der Waals surface area contributed by atoms with E-state index < -0.39 is 0 Å². The molecule has 0 bridgehead atoms. The van der Waals surface area contributed by atoms with Gasteiger partial charge in [0.2, 0.25) is 23.6 Å². The average molecular weight is 343 g/mol. The molecule has 0 aromatic carbocycles. The molecule has 0 unspecified atom stereocenters. The molecule has 9 nitrogen and oxygen atoms in total. The van der Waals surface area contributed by atoms with Gasteiger partial charge >= 0.3 is 0 Å². The molecule has 0 aromatic heterocycles. The minimum absolute atomic E-state index is 0.0619. The van der Waals surface area contributed by atoms with Gasteiger partial charge in [-0.25, -0.2) is 0 Å².